The summed E-state index contributed by atoms with van der Waals surface area (Å²) in [6, 6.07) is 1.05. The van der Waals surface area contributed by atoms with Crippen LogP contribution in [0.3, 0.4) is 0 Å². The molecule has 0 radical (unpaired) electrons. The lowest BCUT2D eigenvalue weighted by atomic mass is 9.99. The standard InChI is InChI=1S/C21H25FN2O5/c1-6-24-11-13(18(26)28-7-2)15(25)12-10-14(22)16(23-17(12)24)21(8-9-21)19(27)29-20(3,4)5/h10-11H,6-9H2,1-5H3. The lowest BCUT2D eigenvalue weighted by Gasteiger charge is -2.24. The number of nitrogens with zero attached hydrogens (tertiary/aromatic N) is 2. The number of esters is 2. The highest BCUT2D eigenvalue weighted by molar-refractivity contribution is 5.93. The van der Waals surface area contributed by atoms with Crippen molar-refractivity contribution in [3.8, 4) is 0 Å². The smallest absolute Gasteiger partial charge is 0.343 e. The van der Waals surface area contributed by atoms with Crippen LogP contribution in [-0.2, 0) is 26.2 Å². The van der Waals surface area contributed by atoms with Gasteiger partial charge < -0.3 is 14.0 Å². The Balaban J connectivity index is 2.17. The second-order valence-electron chi connectivity index (χ2n) is 8.15. The van der Waals surface area contributed by atoms with Crippen LogP contribution in [0.15, 0.2) is 17.1 Å². The quantitative estimate of drug-likeness (QED) is 0.712. The summed E-state index contributed by atoms with van der Waals surface area (Å²) in [5.74, 6) is -2.05. The van der Waals surface area contributed by atoms with Crippen molar-refractivity contribution in [3.05, 3.63) is 39.6 Å². The zero-order valence-corrected chi connectivity index (χ0v) is 17.3. The van der Waals surface area contributed by atoms with Gasteiger partial charge in [-0.3, -0.25) is 9.59 Å². The second kappa shape index (κ2) is 7.24. The summed E-state index contributed by atoms with van der Waals surface area (Å²) in [4.78, 5) is 41.9. The Bertz CT molecular complexity index is 1050. The molecule has 0 aromatic carbocycles. The van der Waals surface area contributed by atoms with E-state index in [0.717, 1.165) is 6.07 Å². The highest BCUT2D eigenvalue weighted by atomic mass is 19.1. The minimum Gasteiger partial charge on any atom is -0.462 e. The van der Waals surface area contributed by atoms with Crippen LogP contribution in [0.1, 0.15) is 63.5 Å². The van der Waals surface area contributed by atoms with Crippen molar-refractivity contribution < 1.29 is 23.5 Å². The van der Waals surface area contributed by atoms with Crippen molar-refractivity contribution in [2.75, 3.05) is 6.61 Å². The molecule has 7 nitrogen and oxygen atoms in total. The maximum Gasteiger partial charge on any atom is 0.343 e. The highest BCUT2D eigenvalue weighted by Gasteiger charge is 2.56. The first-order valence-corrected chi connectivity index (χ1v) is 9.68. The molecule has 2 heterocycles. The molecule has 0 aliphatic heterocycles. The van der Waals surface area contributed by atoms with Crippen LogP contribution in [0.5, 0.6) is 0 Å². The summed E-state index contributed by atoms with van der Waals surface area (Å²) in [6.45, 7) is 9.19. The summed E-state index contributed by atoms with van der Waals surface area (Å²) in [7, 11) is 0. The van der Waals surface area contributed by atoms with Gasteiger partial charge in [0.1, 0.15) is 28.0 Å². The van der Waals surface area contributed by atoms with E-state index < -0.39 is 34.2 Å². The maximum atomic E-state index is 15.0. The van der Waals surface area contributed by atoms with Crippen molar-refractivity contribution >= 4 is 23.0 Å². The fraction of sp³-hybridized carbons (Fsp3) is 0.524. The van der Waals surface area contributed by atoms with Crippen molar-refractivity contribution in [2.24, 2.45) is 0 Å². The summed E-state index contributed by atoms with van der Waals surface area (Å²) >= 11 is 0. The van der Waals surface area contributed by atoms with E-state index in [9.17, 15) is 14.4 Å². The van der Waals surface area contributed by atoms with E-state index in [-0.39, 0.29) is 28.9 Å². The Labute approximate surface area is 167 Å². The molecule has 2 aromatic heterocycles. The minimum atomic E-state index is -1.14. The van der Waals surface area contributed by atoms with Gasteiger partial charge in [-0.15, -0.1) is 0 Å². The molecule has 0 bridgehead atoms. The molecule has 2 aromatic rings. The number of hydrogen-bond acceptors (Lipinski definition) is 6. The molecule has 0 unspecified atom stereocenters. The minimum absolute atomic E-state index is 0.0234. The van der Waals surface area contributed by atoms with E-state index >= 15 is 4.39 Å². The molecule has 3 rings (SSSR count). The van der Waals surface area contributed by atoms with Gasteiger partial charge in [0.05, 0.1) is 17.7 Å². The van der Waals surface area contributed by atoms with Crippen LogP contribution in [0.25, 0.3) is 11.0 Å². The molecule has 8 heteroatoms. The molecule has 1 aliphatic carbocycles. The summed E-state index contributed by atoms with van der Waals surface area (Å²) in [5, 5.41) is -0.0290. The lowest BCUT2D eigenvalue weighted by molar-refractivity contribution is -0.158. The first kappa shape index (κ1) is 21.0. The number of carbonyl (C=O) groups is 2. The predicted octanol–water partition coefficient (Wildman–Crippen LogP) is 3.11. The molecular formula is C21H25FN2O5. The summed E-state index contributed by atoms with van der Waals surface area (Å²) in [6.07, 6.45) is 2.22. The maximum absolute atomic E-state index is 15.0. The largest absolute Gasteiger partial charge is 0.462 e. The average Bonchev–Trinajstić information content (AvgIpc) is 3.42. The van der Waals surface area contributed by atoms with Crippen LogP contribution in [0.4, 0.5) is 4.39 Å². The Kier molecular flexibility index (Phi) is 5.23. The zero-order valence-electron chi connectivity index (χ0n) is 17.3. The first-order valence-electron chi connectivity index (χ1n) is 9.68. The van der Waals surface area contributed by atoms with E-state index in [4.69, 9.17) is 9.47 Å². The molecule has 0 amide bonds. The van der Waals surface area contributed by atoms with Crippen LogP contribution in [0, 0.1) is 5.82 Å². The van der Waals surface area contributed by atoms with Gasteiger partial charge in [0, 0.05) is 12.7 Å². The number of ether oxygens (including phenoxy) is 2. The number of rotatable bonds is 5. The molecule has 1 fully saturated rings. The highest BCUT2D eigenvalue weighted by Crippen LogP contribution is 2.50. The molecule has 0 spiro atoms. The van der Waals surface area contributed by atoms with Gasteiger partial charge in [-0.05, 0) is 53.5 Å². The number of aromatic nitrogens is 2. The number of hydrogen-bond donors (Lipinski definition) is 0. The van der Waals surface area contributed by atoms with E-state index in [1.807, 2.05) is 6.92 Å². The predicted molar refractivity (Wildman–Crippen MR) is 104 cm³/mol. The van der Waals surface area contributed by atoms with Gasteiger partial charge in [0.15, 0.2) is 0 Å². The number of halogens is 1. The van der Waals surface area contributed by atoms with Crippen molar-refractivity contribution in [3.63, 3.8) is 0 Å². The topological polar surface area (TPSA) is 87.5 Å². The molecule has 156 valence electrons. The van der Waals surface area contributed by atoms with Gasteiger partial charge in [-0.2, -0.15) is 0 Å². The van der Waals surface area contributed by atoms with E-state index in [2.05, 4.69) is 4.98 Å². The lowest BCUT2D eigenvalue weighted by Crippen LogP contribution is -2.33. The van der Waals surface area contributed by atoms with Crippen LogP contribution < -0.4 is 5.43 Å². The Morgan fingerprint density at radius 1 is 1.28 bits per heavy atom. The van der Waals surface area contributed by atoms with Gasteiger partial charge >= 0.3 is 11.9 Å². The SMILES string of the molecule is CCOC(=O)c1cn(CC)c2nc(C3(C(=O)OC(C)(C)C)CC3)c(F)cc2c1=O. The Hall–Kier alpha value is -2.77. The zero-order chi connectivity index (χ0) is 21.6. The summed E-state index contributed by atoms with van der Waals surface area (Å²) < 4.78 is 27.0. The van der Waals surface area contributed by atoms with Gasteiger partial charge in [-0.1, -0.05) is 0 Å². The van der Waals surface area contributed by atoms with Crippen molar-refractivity contribution in [1.29, 1.82) is 0 Å². The third kappa shape index (κ3) is 3.75. The normalized spacial score (nSPS) is 15.2. The number of aryl methyl sites for hydroxylation is 1. The van der Waals surface area contributed by atoms with E-state index in [0.29, 0.717) is 19.4 Å². The van der Waals surface area contributed by atoms with Crippen LogP contribution in [-0.4, -0.2) is 33.7 Å². The van der Waals surface area contributed by atoms with Crippen molar-refractivity contribution in [1.82, 2.24) is 9.55 Å². The second-order valence-corrected chi connectivity index (χ2v) is 8.15. The third-order valence-corrected chi connectivity index (χ3v) is 4.83. The van der Waals surface area contributed by atoms with Crippen LogP contribution in [0.2, 0.25) is 0 Å². The molecule has 0 N–H and O–H groups in total. The molecular weight excluding hydrogens is 379 g/mol. The Morgan fingerprint density at radius 3 is 2.45 bits per heavy atom. The molecule has 29 heavy (non-hydrogen) atoms. The van der Waals surface area contributed by atoms with E-state index in [1.54, 1.807) is 32.3 Å². The fourth-order valence-corrected chi connectivity index (χ4v) is 3.26. The van der Waals surface area contributed by atoms with Crippen LogP contribution >= 0.6 is 0 Å². The first-order chi connectivity index (χ1) is 13.5. The Morgan fingerprint density at radius 2 is 1.93 bits per heavy atom. The molecule has 0 atom stereocenters. The summed E-state index contributed by atoms with van der Waals surface area (Å²) in [5.41, 5.74) is -2.48. The van der Waals surface area contributed by atoms with Gasteiger partial charge in [0.2, 0.25) is 5.43 Å². The number of pyridine rings is 2. The molecule has 1 aliphatic rings. The van der Waals surface area contributed by atoms with Crippen molar-refractivity contribution in [2.45, 2.75) is 65.0 Å². The van der Waals surface area contributed by atoms with Gasteiger partial charge in [0.25, 0.3) is 0 Å². The monoisotopic (exact) mass is 404 g/mol. The molecule has 0 saturated heterocycles. The number of carbonyl (C=O) groups excluding carboxylic acids is 2. The molecule has 1 saturated carbocycles. The average molecular weight is 404 g/mol. The van der Waals surface area contributed by atoms with Gasteiger partial charge in [-0.25, -0.2) is 14.2 Å². The van der Waals surface area contributed by atoms with E-state index in [1.165, 1.54) is 6.20 Å². The number of fused-ring (bicyclic) bond motifs is 1. The third-order valence-electron chi connectivity index (χ3n) is 4.83. The fourth-order valence-electron chi connectivity index (χ4n) is 3.26.